The summed E-state index contributed by atoms with van der Waals surface area (Å²) in [6.07, 6.45) is 4.78. The molecule has 0 radical (unpaired) electrons. The van der Waals surface area contributed by atoms with E-state index in [4.69, 9.17) is 4.42 Å². The number of aromatic nitrogens is 2. The average molecular weight is 260 g/mol. The summed E-state index contributed by atoms with van der Waals surface area (Å²) >= 11 is 0. The second-order valence-electron chi connectivity index (χ2n) is 5.41. The molecule has 0 saturated heterocycles. The van der Waals surface area contributed by atoms with Crippen LogP contribution in [0.3, 0.4) is 0 Å². The molecular weight excluding hydrogens is 240 g/mol. The monoisotopic (exact) mass is 260 g/mol. The minimum atomic E-state index is -0.615. The smallest absolute Gasteiger partial charge is 0.133 e. The Balaban J connectivity index is 1.70. The zero-order chi connectivity index (χ0) is 13.4. The fourth-order valence-electron chi connectivity index (χ4n) is 2.56. The molecule has 4 heteroatoms. The summed E-state index contributed by atoms with van der Waals surface area (Å²) in [4.78, 5) is 4.28. The molecule has 1 aliphatic rings. The number of aliphatic hydroxyl groups excluding tert-OH is 1. The van der Waals surface area contributed by atoms with Crippen molar-refractivity contribution in [2.45, 2.75) is 45.3 Å². The Labute approximate surface area is 113 Å². The Morgan fingerprint density at radius 3 is 3.00 bits per heavy atom. The van der Waals surface area contributed by atoms with Crippen LogP contribution in [0.1, 0.15) is 49.6 Å². The van der Waals surface area contributed by atoms with Crippen LogP contribution in [0.2, 0.25) is 0 Å². The molecule has 0 aromatic carbocycles. The van der Waals surface area contributed by atoms with Gasteiger partial charge in [0.25, 0.3) is 0 Å². The molecule has 1 N–H and O–H groups in total. The largest absolute Gasteiger partial charge is 0.463 e. The maximum Gasteiger partial charge on any atom is 0.133 e. The highest BCUT2D eigenvalue weighted by atomic mass is 16.4. The lowest BCUT2D eigenvalue weighted by molar-refractivity contribution is 0.144. The number of nitrogens with zero attached hydrogens (tertiary/aromatic N) is 2. The highest BCUT2D eigenvalue weighted by Gasteiger charge is 2.36. The van der Waals surface area contributed by atoms with Gasteiger partial charge in [-0.2, -0.15) is 0 Å². The first-order valence-corrected chi connectivity index (χ1v) is 6.96. The number of imidazole rings is 1. The summed E-state index contributed by atoms with van der Waals surface area (Å²) in [5.74, 6) is 3.83. The molecule has 4 nitrogen and oxygen atoms in total. The molecule has 0 spiro atoms. The number of aryl methyl sites for hydroxylation is 1. The van der Waals surface area contributed by atoms with E-state index in [0.717, 1.165) is 24.0 Å². The Hall–Kier alpha value is -1.55. The van der Waals surface area contributed by atoms with Gasteiger partial charge in [0, 0.05) is 31.3 Å². The lowest BCUT2D eigenvalue weighted by Gasteiger charge is -2.09. The van der Waals surface area contributed by atoms with E-state index in [2.05, 4.69) is 18.8 Å². The second kappa shape index (κ2) is 4.85. The summed E-state index contributed by atoms with van der Waals surface area (Å²) in [7, 11) is 0. The van der Waals surface area contributed by atoms with Crippen molar-refractivity contribution in [3.63, 3.8) is 0 Å². The molecule has 2 aromatic heterocycles. The van der Waals surface area contributed by atoms with Gasteiger partial charge in [0.15, 0.2) is 0 Å². The Kier molecular flexibility index (Phi) is 3.19. The predicted octanol–water partition coefficient (Wildman–Crippen LogP) is 2.90. The van der Waals surface area contributed by atoms with Crippen molar-refractivity contribution in [2.24, 2.45) is 5.92 Å². The van der Waals surface area contributed by atoms with E-state index >= 15 is 0 Å². The Morgan fingerprint density at radius 1 is 1.53 bits per heavy atom. The van der Waals surface area contributed by atoms with E-state index in [9.17, 15) is 5.11 Å². The minimum Gasteiger partial charge on any atom is -0.463 e. The molecule has 2 heterocycles. The number of hydrogen-bond acceptors (Lipinski definition) is 3. The van der Waals surface area contributed by atoms with E-state index in [1.807, 2.05) is 22.9 Å². The Bertz CT molecular complexity index is 558. The van der Waals surface area contributed by atoms with E-state index in [0.29, 0.717) is 18.1 Å². The molecule has 0 amide bonds. The molecule has 3 unspecified atom stereocenters. The van der Waals surface area contributed by atoms with Crippen LogP contribution < -0.4 is 0 Å². The van der Waals surface area contributed by atoms with Crippen molar-refractivity contribution in [3.05, 3.63) is 41.9 Å². The van der Waals surface area contributed by atoms with Gasteiger partial charge >= 0.3 is 0 Å². The maximum atomic E-state index is 10.2. The second-order valence-corrected chi connectivity index (χ2v) is 5.41. The summed E-state index contributed by atoms with van der Waals surface area (Å²) < 4.78 is 7.81. The molecule has 1 fully saturated rings. The van der Waals surface area contributed by atoms with Crippen molar-refractivity contribution in [2.75, 3.05) is 0 Å². The maximum absolute atomic E-state index is 10.2. The van der Waals surface area contributed by atoms with Crippen LogP contribution in [-0.2, 0) is 13.0 Å². The van der Waals surface area contributed by atoms with Gasteiger partial charge in [-0.1, -0.05) is 6.92 Å². The third-order valence-corrected chi connectivity index (χ3v) is 3.97. The standard InChI is InChI=1S/C15H20N2O2/c1-3-17-7-6-16-15(17)9-12(18)14-5-4-13(19-14)11-8-10(11)2/h4-7,10-12,18H,3,8-9H2,1-2H3. The van der Waals surface area contributed by atoms with Crippen LogP contribution in [0.25, 0.3) is 0 Å². The third kappa shape index (κ3) is 2.45. The SMILES string of the molecule is CCn1ccnc1CC(O)c1ccc(C2CC2C)o1. The highest BCUT2D eigenvalue weighted by molar-refractivity contribution is 5.19. The zero-order valence-electron chi connectivity index (χ0n) is 11.4. The van der Waals surface area contributed by atoms with Crippen LogP contribution in [0, 0.1) is 5.92 Å². The molecule has 0 aliphatic heterocycles. The number of aliphatic hydroxyl groups is 1. The highest BCUT2D eigenvalue weighted by Crippen LogP contribution is 2.47. The topological polar surface area (TPSA) is 51.2 Å². The predicted molar refractivity (Wildman–Crippen MR) is 71.8 cm³/mol. The molecule has 2 aromatic rings. The van der Waals surface area contributed by atoms with Gasteiger partial charge in [-0.3, -0.25) is 0 Å². The molecule has 0 bridgehead atoms. The fourth-order valence-corrected chi connectivity index (χ4v) is 2.56. The summed E-state index contributed by atoms with van der Waals surface area (Å²) in [5.41, 5.74) is 0. The van der Waals surface area contributed by atoms with Crippen molar-refractivity contribution < 1.29 is 9.52 Å². The normalized spacial score (nSPS) is 23.5. The first-order chi connectivity index (χ1) is 9.19. The molecule has 102 valence electrons. The van der Waals surface area contributed by atoms with Gasteiger partial charge in [0.2, 0.25) is 0 Å². The van der Waals surface area contributed by atoms with E-state index in [1.165, 1.54) is 6.42 Å². The third-order valence-electron chi connectivity index (χ3n) is 3.97. The molecule has 3 atom stereocenters. The molecule has 1 aliphatic carbocycles. The van der Waals surface area contributed by atoms with Gasteiger partial charge < -0.3 is 14.1 Å². The summed E-state index contributed by atoms with van der Waals surface area (Å²) in [5, 5.41) is 10.2. The molecular formula is C15H20N2O2. The van der Waals surface area contributed by atoms with E-state index < -0.39 is 6.10 Å². The van der Waals surface area contributed by atoms with Crippen molar-refractivity contribution in [1.29, 1.82) is 0 Å². The number of furan rings is 1. The summed E-state index contributed by atoms with van der Waals surface area (Å²) in [6.45, 7) is 5.16. The van der Waals surface area contributed by atoms with Gasteiger partial charge in [0.05, 0.1) is 0 Å². The lowest BCUT2D eigenvalue weighted by atomic mass is 10.2. The van der Waals surface area contributed by atoms with Crippen LogP contribution in [0.15, 0.2) is 28.9 Å². The first kappa shape index (κ1) is 12.5. The van der Waals surface area contributed by atoms with Gasteiger partial charge in [-0.15, -0.1) is 0 Å². The lowest BCUT2D eigenvalue weighted by Crippen LogP contribution is -2.07. The number of hydrogen-bond donors (Lipinski definition) is 1. The minimum absolute atomic E-state index is 0.494. The summed E-state index contributed by atoms with van der Waals surface area (Å²) in [6, 6.07) is 3.89. The first-order valence-electron chi connectivity index (χ1n) is 6.96. The van der Waals surface area contributed by atoms with Crippen LogP contribution in [0.5, 0.6) is 0 Å². The van der Waals surface area contributed by atoms with Crippen LogP contribution in [-0.4, -0.2) is 14.7 Å². The number of rotatable bonds is 5. The van der Waals surface area contributed by atoms with Crippen molar-refractivity contribution in [3.8, 4) is 0 Å². The van der Waals surface area contributed by atoms with Crippen LogP contribution >= 0.6 is 0 Å². The quantitative estimate of drug-likeness (QED) is 0.899. The fraction of sp³-hybridized carbons (Fsp3) is 0.533. The van der Waals surface area contributed by atoms with Gasteiger partial charge in [-0.05, 0) is 31.4 Å². The molecule has 19 heavy (non-hydrogen) atoms. The average Bonchev–Trinajstić information content (AvgIpc) is 2.87. The zero-order valence-corrected chi connectivity index (χ0v) is 11.4. The van der Waals surface area contributed by atoms with E-state index in [1.54, 1.807) is 6.20 Å². The Morgan fingerprint density at radius 2 is 2.32 bits per heavy atom. The van der Waals surface area contributed by atoms with Crippen molar-refractivity contribution in [1.82, 2.24) is 9.55 Å². The van der Waals surface area contributed by atoms with Gasteiger partial charge in [-0.25, -0.2) is 4.98 Å². The van der Waals surface area contributed by atoms with Gasteiger partial charge in [0.1, 0.15) is 23.4 Å². The van der Waals surface area contributed by atoms with Crippen molar-refractivity contribution >= 4 is 0 Å². The molecule has 1 saturated carbocycles. The van der Waals surface area contributed by atoms with E-state index in [-0.39, 0.29) is 0 Å². The van der Waals surface area contributed by atoms with Crippen LogP contribution in [0.4, 0.5) is 0 Å². The molecule has 3 rings (SSSR count).